The Morgan fingerprint density at radius 1 is 0.705 bits per heavy atom. The lowest BCUT2D eigenvalue weighted by molar-refractivity contribution is -0.152. The fourth-order valence-corrected chi connectivity index (χ4v) is 6.63. The zero-order valence-electron chi connectivity index (χ0n) is 35.7. The van der Waals surface area contributed by atoms with Crippen LogP contribution in [0.5, 0.6) is 0 Å². The molecule has 0 saturated carbocycles. The molecule has 0 aliphatic rings. The molecular formula is C45H60N6O10. The minimum atomic E-state index is -1.49. The summed E-state index contributed by atoms with van der Waals surface area (Å²) in [6, 6.07) is 21.4. The van der Waals surface area contributed by atoms with Gasteiger partial charge >= 0.3 is 12.1 Å². The Kier molecular flexibility index (Phi) is 19.9. The van der Waals surface area contributed by atoms with Crippen LogP contribution < -0.4 is 21.7 Å². The molecule has 61 heavy (non-hydrogen) atoms. The number of amides is 6. The molecule has 16 nitrogen and oxygen atoms in total. The fourth-order valence-electron chi connectivity index (χ4n) is 6.63. The SMILES string of the molecule is COC(=O)[C@H](Cc1ccccc1)N(C)C(=O)[C@H](C)NC(=O)[C@H](CC(C)C)NC(=O)C[C@H](O)[C@H](Cc1ccccc1)NC(=O)[C@H](CCC(N)=O)N(C)C(=O)OCc1ccccc1. The highest BCUT2D eigenvalue weighted by Crippen LogP contribution is 2.16. The third-order valence-corrected chi connectivity index (χ3v) is 10.1. The molecule has 6 N–H and O–H groups in total. The number of aliphatic hydroxyl groups excluding tert-OH is 1. The van der Waals surface area contributed by atoms with Gasteiger partial charge in [0.15, 0.2) is 0 Å². The molecule has 16 heteroatoms. The van der Waals surface area contributed by atoms with E-state index in [2.05, 4.69) is 16.0 Å². The van der Waals surface area contributed by atoms with Crippen molar-refractivity contribution < 1.29 is 48.1 Å². The van der Waals surface area contributed by atoms with Crippen LogP contribution in [0.3, 0.4) is 0 Å². The van der Waals surface area contributed by atoms with Gasteiger partial charge in [-0.15, -0.1) is 0 Å². The van der Waals surface area contributed by atoms with E-state index in [0.29, 0.717) is 0 Å². The van der Waals surface area contributed by atoms with Gasteiger partial charge in [0.2, 0.25) is 29.5 Å². The molecule has 3 rings (SSSR count). The number of benzene rings is 3. The molecule has 0 heterocycles. The van der Waals surface area contributed by atoms with Crippen molar-refractivity contribution in [3.63, 3.8) is 0 Å². The Balaban J connectivity index is 1.75. The largest absolute Gasteiger partial charge is 0.467 e. The Hall–Kier alpha value is -6.29. The first kappa shape index (κ1) is 49.1. The van der Waals surface area contributed by atoms with Crippen LogP contribution in [-0.4, -0.2) is 114 Å². The summed E-state index contributed by atoms with van der Waals surface area (Å²) in [5.74, 6) is -4.05. The molecule has 0 radical (unpaired) electrons. The Labute approximate surface area is 357 Å². The van der Waals surface area contributed by atoms with Crippen molar-refractivity contribution in [2.45, 2.75) is 102 Å². The molecule has 0 saturated heterocycles. The zero-order valence-corrected chi connectivity index (χ0v) is 35.7. The molecule has 330 valence electrons. The van der Waals surface area contributed by atoms with E-state index in [4.69, 9.17) is 15.2 Å². The molecule has 3 aromatic rings. The third kappa shape index (κ3) is 16.4. The topological polar surface area (TPSA) is 227 Å². The average molecular weight is 845 g/mol. The van der Waals surface area contributed by atoms with Gasteiger partial charge in [-0.1, -0.05) is 105 Å². The van der Waals surface area contributed by atoms with Crippen LogP contribution in [-0.2, 0) is 57.7 Å². The number of carbonyl (C=O) groups is 7. The summed E-state index contributed by atoms with van der Waals surface area (Å²) in [5, 5.41) is 19.7. The van der Waals surface area contributed by atoms with Crippen LogP contribution in [0.25, 0.3) is 0 Å². The van der Waals surface area contributed by atoms with Crippen molar-refractivity contribution in [3.8, 4) is 0 Å². The average Bonchev–Trinajstić information content (AvgIpc) is 3.24. The van der Waals surface area contributed by atoms with Gasteiger partial charge in [-0.05, 0) is 48.8 Å². The van der Waals surface area contributed by atoms with Crippen molar-refractivity contribution in [3.05, 3.63) is 108 Å². The maximum atomic E-state index is 13.9. The second-order valence-electron chi connectivity index (χ2n) is 15.4. The van der Waals surface area contributed by atoms with Gasteiger partial charge in [0, 0.05) is 26.9 Å². The van der Waals surface area contributed by atoms with Crippen LogP contribution in [0.2, 0.25) is 0 Å². The summed E-state index contributed by atoms with van der Waals surface area (Å²) in [6.07, 6.45) is -2.81. The number of hydrogen-bond acceptors (Lipinski definition) is 10. The van der Waals surface area contributed by atoms with Gasteiger partial charge in [0.25, 0.3) is 0 Å². The maximum Gasteiger partial charge on any atom is 0.410 e. The molecule has 0 aliphatic heterocycles. The van der Waals surface area contributed by atoms with E-state index >= 15 is 0 Å². The Bertz CT molecular complexity index is 1900. The predicted molar refractivity (Wildman–Crippen MR) is 227 cm³/mol. The smallest absolute Gasteiger partial charge is 0.410 e. The molecule has 0 fully saturated rings. The standard InChI is InChI=1S/C45H60N6O10/c1-29(2)24-35(41(55)47-30(3)43(57)50(4)37(44(58)60-6)26-32-18-12-8-13-19-32)48-40(54)27-38(52)34(25-31-16-10-7-11-17-31)49-42(56)36(22-23-39(46)53)51(5)45(59)61-28-33-20-14-9-15-21-33/h7-21,29-30,34-38,52H,22-28H2,1-6H3,(H2,46,53)(H,47,55)(H,48,54)(H,49,56)/t30-,34-,35-,36-,37-,38-/m0/s1. The van der Waals surface area contributed by atoms with Crippen LogP contribution >= 0.6 is 0 Å². The zero-order chi connectivity index (χ0) is 45.1. The first-order chi connectivity index (χ1) is 29.0. The first-order valence-corrected chi connectivity index (χ1v) is 20.2. The van der Waals surface area contributed by atoms with Crippen LogP contribution in [0.1, 0.15) is 63.1 Å². The van der Waals surface area contributed by atoms with E-state index in [1.807, 2.05) is 50.2 Å². The lowest BCUT2D eigenvalue weighted by Crippen LogP contribution is -2.56. The number of likely N-dealkylation sites (N-methyl/N-ethyl adjacent to an activating group) is 2. The fraction of sp³-hybridized carbons (Fsp3) is 0.444. The number of rotatable bonds is 23. The lowest BCUT2D eigenvalue weighted by atomic mass is 9.97. The summed E-state index contributed by atoms with van der Waals surface area (Å²) >= 11 is 0. The monoisotopic (exact) mass is 844 g/mol. The summed E-state index contributed by atoms with van der Waals surface area (Å²) in [5.41, 5.74) is 7.64. The minimum Gasteiger partial charge on any atom is -0.467 e. The van der Waals surface area contributed by atoms with Crippen molar-refractivity contribution in [2.24, 2.45) is 11.7 Å². The van der Waals surface area contributed by atoms with Crippen molar-refractivity contribution >= 4 is 41.6 Å². The number of esters is 1. The van der Waals surface area contributed by atoms with Crippen molar-refractivity contribution in [1.82, 2.24) is 25.8 Å². The van der Waals surface area contributed by atoms with Gasteiger partial charge in [0.1, 0.15) is 30.8 Å². The third-order valence-electron chi connectivity index (χ3n) is 10.1. The van der Waals surface area contributed by atoms with E-state index in [0.717, 1.165) is 21.6 Å². The number of hydrogen-bond donors (Lipinski definition) is 5. The molecule has 0 bridgehead atoms. The van der Waals surface area contributed by atoms with E-state index in [-0.39, 0.29) is 44.6 Å². The highest BCUT2D eigenvalue weighted by molar-refractivity contribution is 5.93. The number of aliphatic hydroxyl groups is 1. The number of nitrogens with zero attached hydrogens (tertiary/aromatic N) is 2. The van der Waals surface area contributed by atoms with Gasteiger partial charge in [0.05, 0.1) is 25.7 Å². The van der Waals surface area contributed by atoms with E-state index in [9.17, 15) is 38.7 Å². The van der Waals surface area contributed by atoms with E-state index in [1.165, 1.54) is 33.0 Å². The van der Waals surface area contributed by atoms with Crippen molar-refractivity contribution in [1.29, 1.82) is 0 Å². The highest BCUT2D eigenvalue weighted by atomic mass is 16.6. The summed E-state index contributed by atoms with van der Waals surface area (Å²) in [7, 11) is 4.03. The van der Waals surface area contributed by atoms with E-state index in [1.54, 1.807) is 54.6 Å². The first-order valence-electron chi connectivity index (χ1n) is 20.2. The molecule has 0 aromatic heterocycles. The second kappa shape index (κ2) is 24.7. The molecule has 3 aromatic carbocycles. The maximum absolute atomic E-state index is 13.9. The molecule has 0 aliphatic carbocycles. The number of nitrogens with one attached hydrogen (secondary N) is 3. The molecule has 6 amide bonds. The summed E-state index contributed by atoms with van der Waals surface area (Å²) in [4.78, 5) is 94.6. The molecule has 0 unspecified atom stereocenters. The predicted octanol–water partition coefficient (Wildman–Crippen LogP) is 2.65. The number of primary amides is 1. The molecule has 0 spiro atoms. The van der Waals surface area contributed by atoms with Crippen LogP contribution in [0.15, 0.2) is 91.0 Å². The number of nitrogens with two attached hydrogens (primary N) is 1. The second-order valence-corrected chi connectivity index (χ2v) is 15.4. The minimum absolute atomic E-state index is 0.0641. The van der Waals surface area contributed by atoms with E-state index < -0.39 is 84.3 Å². The van der Waals surface area contributed by atoms with Gasteiger partial charge in [-0.3, -0.25) is 28.9 Å². The van der Waals surface area contributed by atoms with Gasteiger partial charge in [-0.25, -0.2) is 9.59 Å². The number of carbonyl (C=O) groups excluding carboxylic acids is 7. The summed E-state index contributed by atoms with van der Waals surface area (Å²) in [6.45, 7) is 5.11. The van der Waals surface area contributed by atoms with Gasteiger partial charge in [-0.2, -0.15) is 0 Å². The quantitative estimate of drug-likeness (QED) is 0.0878. The van der Waals surface area contributed by atoms with Crippen LogP contribution in [0.4, 0.5) is 4.79 Å². The Morgan fingerprint density at radius 3 is 1.77 bits per heavy atom. The van der Waals surface area contributed by atoms with Gasteiger partial charge < -0.3 is 41.2 Å². The lowest BCUT2D eigenvalue weighted by Gasteiger charge is -2.31. The van der Waals surface area contributed by atoms with Crippen molar-refractivity contribution in [2.75, 3.05) is 21.2 Å². The summed E-state index contributed by atoms with van der Waals surface area (Å²) < 4.78 is 10.4. The van der Waals surface area contributed by atoms with Crippen LogP contribution in [0, 0.1) is 5.92 Å². The normalized spacial score (nSPS) is 13.9. The number of ether oxygens (including phenoxy) is 2. The Morgan fingerprint density at radius 2 is 1.25 bits per heavy atom. The molecule has 6 atom stereocenters. The highest BCUT2D eigenvalue weighted by Gasteiger charge is 2.35. The number of methoxy groups -OCH3 is 1. The molecular weight excluding hydrogens is 785 g/mol.